The number of rotatable bonds is 6. The first-order valence-electron chi connectivity index (χ1n) is 9.40. The zero-order valence-electron chi connectivity index (χ0n) is 16.4. The van der Waals surface area contributed by atoms with Gasteiger partial charge in [-0.2, -0.15) is 10.2 Å². The van der Waals surface area contributed by atoms with E-state index in [1.165, 1.54) is 21.5 Å². The summed E-state index contributed by atoms with van der Waals surface area (Å²) in [6, 6.07) is 15.9. The molecule has 4 rings (SSSR count). The number of halogens is 4. The summed E-state index contributed by atoms with van der Waals surface area (Å²) >= 11 is 17.7. The van der Waals surface area contributed by atoms with Crippen molar-refractivity contribution < 1.29 is 8.78 Å². The lowest BCUT2D eigenvalue weighted by Gasteiger charge is -2.07. The Morgan fingerprint density at radius 1 is 0.781 bits per heavy atom. The zero-order chi connectivity index (χ0) is 22.7. The zero-order valence-corrected chi connectivity index (χ0v) is 18.7. The standard InChI is InChI=1S/C21H16Cl2F2N6S/c22-17-9-19(28-30(17)11-13-5-1-3-7-15(13)24)26-21(32)27-20-10-18(23)31(29-20)12-14-6-2-4-8-16(14)25/h1-10H,11-12H2,(H2,26,27,28,29,32). The molecule has 0 saturated carbocycles. The number of hydrogen-bond acceptors (Lipinski definition) is 3. The molecule has 0 radical (unpaired) electrons. The third-order valence-corrected chi connectivity index (χ3v) is 5.31. The second-order valence-electron chi connectivity index (χ2n) is 6.78. The minimum atomic E-state index is -0.339. The van der Waals surface area contributed by atoms with Crippen LogP contribution in [0, 0.1) is 11.6 Å². The fourth-order valence-corrected chi connectivity index (χ4v) is 3.58. The molecular weight excluding hydrogens is 477 g/mol. The molecule has 0 amide bonds. The summed E-state index contributed by atoms with van der Waals surface area (Å²) in [5.41, 5.74) is 0.916. The molecule has 0 spiro atoms. The van der Waals surface area contributed by atoms with Gasteiger partial charge in [0.25, 0.3) is 0 Å². The molecule has 4 aromatic rings. The number of hydrogen-bond donors (Lipinski definition) is 2. The average Bonchev–Trinajstić information content (AvgIpc) is 3.26. The average molecular weight is 493 g/mol. The Kier molecular flexibility index (Phi) is 6.69. The van der Waals surface area contributed by atoms with Gasteiger partial charge in [0.15, 0.2) is 16.7 Å². The molecule has 0 aliphatic carbocycles. The van der Waals surface area contributed by atoms with Gasteiger partial charge in [0.2, 0.25) is 0 Å². The van der Waals surface area contributed by atoms with Gasteiger partial charge >= 0.3 is 0 Å². The lowest BCUT2D eigenvalue weighted by atomic mass is 10.2. The van der Waals surface area contributed by atoms with Gasteiger partial charge in [-0.1, -0.05) is 59.6 Å². The predicted octanol–water partition coefficient (Wildman–Crippen LogP) is 5.57. The molecule has 6 nitrogen and oxygen atoms in total. The van der Waals surface area contributed by atoms with Crippen LogP contribution in [0.1, 0.15) is 11.1 Å². The van der Waals surface area contributed by atoms with Crippen LogP contribution in [0.15, 0.2) is 60.7 Å². The monoisotopic (exact) mass is 492 g/mol. The molecule has 2 aromatic carbocycles. The minimum Gasteiger partial charge on any atom is -0.316 e. The molecule has 0 fully saturated rings. The summed E-state index contributed by atoms with van der Waals surface area (Å²) in [5, 5.41) is 15.2. The summed E-state index contributed by atoms with van der Waals surface area (Å²) in [6.07, 6.45) is 0. The van der Waals surface area contributed by atoms with Crippen molar-refractivity contribution in [3.8, 4) is 0 Å². The predicted molar refractivity (Wildman–Crippen MR) is 125 cm³/mol. The highest BCUT2D eigenvalue weighted by molar-refractivity contribution is 7.80. The van der Waals surface area contributed by atoms with Crippen molar-refractivity contribution in [3.05, 3.63) is 93.7 Å². The Morgan fingerprint density at radius 2 is 1.19 bits per heavy atom. The van der Waals surface area contributed by atoms with Crippen LogP contribution in [0.3, 0.4) is 0 Å². The number of benzene rings is 2. The lowest BCUT2D eigenvalue weighted by Crippen LogP contribution is -2.20. The molecule has 0 saturated heterocycles. The highest BCUT2D eigenvalue weighted by Gasteiger charge is 2.13. The van der Waals surface area contributed by atoms with Crippen molar-refractivity contribution in [2.75, 3.05) is 10.6 Å². The molecule has 2 N–H and O–H groups in total. The van der Waals surface area contributed by atoms with Crippen molar-refractivity contribution in [2.45, 2.75) is 13.1 Å². The van der Waals surface area contributed by atoms with Crippen LogP contribution in [0.5, 0.6) is 0 Å². The fraction of sp³-hybridized carbons (Fsp3) is 0.0952. The Hall–Kier alpha value is -3.01. The van der Waals surface area contributed by atoms with Gasteiger partial charge in [0.1, 0.15) is 21.9 Å². The normalized spacial score (nSPS) is 10.9. The molecule has 0 aliphatic heterocycles. The summed E-state index contributed by atoms with van der Waals surface area (Å²) < 4.78 is 30.7. The van der Waals surface area contributed by atoms with Crippen molar-refractivity contribution in [1.82, 2.24) is 19.6 Å². The van der Waals surface area contributed by atoms with E-state index in [9.17, 15) is 8.78 Å². The molecular formula is C21H16Cl2F2N6S. The summed E-state index contributed by atoms with van der Waals surface area (Å²) in [5.74, 6) is 0.0728. The third kappa shape index (κ3) is 5.24. The molecule has 11 heteroatoms. The summed E-state index contributed by atoms with van der Waals surface area (Å²) in [6.45, 7) is 0.340. The number of nitrogens with one attached hydrogen (secondary N) is 2. The summed E-state index contributed by atoms with van der Waals surface area (Å²) in [7, 11) is 0. The second-order valence-corrected chi connectivity index (χ2v) is 7.96. The molecule has 0 unspecified atom stereocenters. The summed E-state index contributed by atoms with van der Waals surface area (Å²) in [4.78, 5) is 0. The maximum absolute atomic E-state index is 13.9. The van der Waals surface area contributed by atoms with Gasteiger partial charge in [-0.25, -0.2) is 18.1 Å². The quantitative estimate of drug-likeness (QED) is 0.344. The van der Waals surface area contributed by atoms with Crippen LogP contribution in [-0.2, 0) is 13.1 Å². The van der Waals surface area contributed by atoms with Crippen molar-refractivity contribution in [2.24, 2.45) is 0 Å². The van der Waals surface area contributed by atoms with Gasteiger partial charge in [0, 0.05) is 23.3 Å². The minimum absolute atomic E-state index is 0.170. The number of nitrogens with zero attached hydrogens (tertiary/aromatic N) is 4. The first-order valence-corrected chi connectivity index (χ1v) is 10.6. The Morgan fingerprint density at radius 3 is 1.59 bits per heavy atom. The highest BCUT2D eigenvalue weighted by Crippen LogP contribution is 2.20. The third-order valence-electron chi connectivity index (χ3n) is 4.50. The SMILES string of the molecule is Fc1ccccc1Cn1nc(NC(=S)Nc2cc(Cl)n(Cc3ccccc3F)n2)cc1Cl. The molecule has 0 atom stereocenters. The number of anilines is 2. The first-order chi connectivity index (χ1) is 15.4. The van der Waals surface area contributed by atoms with E-state index < -0.39 is 0 Å². The Labute approximate surface area is 197 Å². The maximum Gasteiger partial charge on any atom is 0.177 e. The molecule has 2 heterocycles. The van der Waals surface area contributed by atoms with Crippen molar-refractivity contribution in [1.29, 1.82) is 0 Å². The first kappa shape index (κ1) is 22.2. The van der Waals surface area contributed by atoms with Crippen LogP contribution in [-0.4, -0.2) is 24.7 Å². The smallest absolute Gasteiger partial charge is 0.177 e. The fourth-order valence-electron chi connectivity index (χ4n) is 2.97. The number of aromatic nitrogens is 4. The van der Waals surface area contributed by atoms with E-state index in [1.807, 2.05) is 0 Å². The second kappa shape index (κ2) is 9.64. The molecule has 0 aliphatic rings. The van der Waals surface area contributed by atoms with Gasteiger partial charge in [-0.3, -0.25) is 0 Å². The Bertz CT molecular complexity index is 1180. The molecule has 2 aromatic heterocycles. The lowest BCUT2D eigenvalue weighted by molar-refractivity contribution is 0.586. The van der Waals surface area contributed by atoms with E-state index >= 15 is 0 Å². The van der Waals surface area contributed by atoms with E-state index in [0.29, 0.717) is 33.1 Å². The topological polar surface area (TPSA) is 59.7 Å². The number of thiocarbonyl (C=S) groups is 1. The van der Waals surface area contributed by atoms with Crippen LogP contribution < -0.4 is 10.6 Å². The highest BCUT2D eigenvalue weighted by atomic mass is 35.5. The van der Waals surface area contributed by atoms with Crippen LogP contribution in [0.4, 0.5) is 20.4 Å². The van der Waals surface area contributed by atoms with Gasteiger partial charge in [0.05, 0.1) is 13.1 Å². The molecule has 0 bridgehead atoms. The van der Waals surface area contributed by atoms with Gasteiger partial charge in [-0.05, 0) is 24.4 Å². The van der Waals surface area contributed by atoms with E-state index in [4.69, 9.17) is 35.4 Å². The molecule has 164 valence electrons. The van der Waals surface area contributed by atoms with Gasteiger partial charge in [-0.15, -0.1) is 0 Å². The van der Waals surface area contributed by atoms with Gasteiger partial charge < -0.3 is 10.6 Å². The molecule has 32 heavy (non-hydrogen) atoms. The van der Waals surface area contributed by atoms with E-state index in [-0.39, 0.29) is 29.8 Å². The van der Waals surface area contributed by atoms with E-state index in [2.05, 4.69) is 20.8 Å². The van der Waals surface area contributed by atoms with Crippen molar-refractivity contribution in [3.63, 3.8) is 0 Å². The van der Waals surface area contributed by atoms with Crippen LogP contribution in [0.2, 0.25) is 10.3 Å². The maximum atomic E-state index is 13.9. The van der Waals surface area contributed by atoms with Crippen LogP contribution in [0.25, 0.3) is 0 Å². The van der Waals surface area contributed by atoms with E-state index in [1.54, 1.807) is 48.5 Å². The van der Waals surface area contributed by atoms with Crippen molar-refractivity contribution >= 4 is 52.2 Å². The van der Waals surface area contributed by atoms with E-state index in [0.717, 1.165) is 0 Å². The van der Waals surface area contributed by atoms with Crippen LogP contribution >= 0.6 is 35.4 Å². The Balaban J connectivity index is 1.40. The largest absolute Gasteiger partial charge is 0.316 e.